The molecule has 0 spiro atoms. The van der Waals surface area contributed by atoms with Crippen LogP contribution in [0.3, 0.4) is 0 Å². The summed E-state index contributed by atoms with van der Waals surface area (Å²) in [5.41, 5.74) is 1.91. The number of aromatic nitrogens is 2. The van der Waals surface area contributed by atoms with Crippen LogP contribution in [0, 0.1) is 17.7 Å². The molecule has 2 unspecified atom stereocenters. The van der Waals surface area contributed by atoms with Crippen LogP contribution >= 0.6 is 0 Å². The molecule has 0 amide bonds. The maximum Gasteiger partial charge on any atom is 0.308 e. The van der Waals surface area contributed by atoms with E-state index in [-0.39, 0.29) is 5.92 Å². The molecule has 1 aliphatic heterocycles. The molecule has 0 bridgehead atoms. The maximum absolute atomic E-state index is 13.2. The molecule has 1 fully saturated rings. The number of hydrogen-bond donors (Lipinski definition) is 1. The molecule has 2 aromatic heterocycles. The van der Waals surface area contributed by atoms with E-state index in [1.165, 1.54) is 6.07 Å². The second kappa shape index (κ2) is 5.27. The number of piperidine rings is 1. The Morgan fingerprint density at radius 1 is 1.43 bits per heavy atom. The van der Waals surface area contributed by atoms with Crippen molar-refractivity contribution in [3.63, 3.8) is 0 Å². The molecule has 3 heterocycles. The Labute approximate surface area is 121 Å². The van der Waals surface area contributed by atoms with E-state index in [1.54, 1.807) is 6.20 Å². The van der Waals surface area contributed by atoms with Gasteiger partial charge in [-0.2, -0.15) is 0 Å². The second-order valence-electron chi connectivity index (χ2n) is 5.63. The molecule has 0 aliphatic carbocycles. The normalized spacial score (nSPS) is 22.5. The molecule has 2 aromatic rings. The van der Waals surface area contributed by atoms with Gasteiger partial charge in [0, 0.05) is 25.4 Å². The predicted molar refractivity (Wildman–Crippen MR) is 76.6 cm³/mol. The zero-order chi connectivity index (χ0) is 15.0. The third kappa shape index (κ3) is 2.66. The Hall–Kier alpha value is -2.24. The van der Waals surface area contributed by atoms with Crippen LogP contribution in [0.1, 0.15) is 13.3 Å². The van der Waals surface area contributed by atoms with Gasteiger partial charge in [-0.25, -0.2) is 9.37 Å². The van der Waals surface area contributed by atoms with E-state index in [0.717, 1.165) is 18.4 Å². The van der Waals surface area contributed by atoms with Gasteiger partial charge in [0.15, 0.2) is 0 Å². The first kappa shape index (κ1) is 13.7. The highest BCUT2D eigenvalue weighted by Crippen LogP contribution is 2.30. The number of rotatable bonds is 2. The fourth-order valence-corrected chi connectivity index (χ4v) is 2.97. The molecule has 1 aliphatic rings. The van der Waals surface area contributed by atoms with Crippen molar-refractivity contribution in [2.75, 3.05) is 18.0 Å². The maximum atomic E-state index is 13.2. The van der Waals surface area contributed by atoms with Crippen LogP contribution in [-0.4, -0.2) is 34.1 Å². The molecule has 6 heteroatoms. The molecule has 0 radical (unpaired) electrons. The summed E-state index contributed by atoms with van der Waals surface area (Å²) in [5.74, 6) is -1.31. The van der Waals surface area contributed by atoms with Crippen LogP contribution in [0.25, 0.3) is 11.0 Å². The summed E-state index contributed by atoms with van der Waals surface area (Å²) >= 11 is 0. The number of fused-ring (bicyclic) bond motifs is 1. The monoisotopic (exact) mass is 289 g/mol. The van der Waals surface area contributed by atoms with Crippen molar-refractivity contribution in [3.05, 3.63) is 30.3 Å². The van der Waals surface area contributed by atoms with E-state index >= 15 is 0 Å². The molecule has 0 saturated carbocycles. The summed E-state index contributed by atoms with van der Waals surface area (Å²) in [4.78, 5) is 21.5. The van der Waals surface area contributed by atoms with Crippen LogP contribution < -0.4 is 4.90 Å². The summed E-state index contributed by atoms with van der Waals surface area (Å²) < 4.78 is 13.2. The lowest BCUT2D eigenvalue weighted by molar-refractivity contribution is -0.142. The zero-order valence-electron chi connectivity index (χ0n) is 11.7. The van der Waals surface area contributed by atoms with Crippen molar-refractivity contribution >= 4 is 22.7 Å². The molecule has 3 rings (SSSR count). The van der Waals surface area contributed by atoms with Crippen LogP contribution in [0.4, 0.5) is 10.1 Å². The van der Waals surface area contributed by atoms with Crippen LogP contribution in [0.5, 0.6) is 0 Å². The first-order valence-electron chi connectivity index (χ1n) is 6.92. The van der Waals surface area contributed by atoms with Crippen molar-refractivity contribution < 1.29 is 14.3 Å². The smallest absolute Gasteiger partial charge is 0.308 e. The van der Waals surface area contributed by atoms with Gasteiger partial charge in [0.2, 0.25) is 0 Å². The standard InChI is InChI=1S/C15H16FN3O2/c1-9-4-10(15(20)21)8-19(7-9)13-2-3-17-12-5-11(16)6-18-14(12)13/h2-3,5-6,9-10H,4,7-8H2,1H3,(H,20,21). The third-order valence-corrected chi connectivity index (χ3v) is 3.87. The summed E-state index contributed by atoms with van der Waals surface area (Å²) in [5, 5.41) is 9.27. The minimum atomic E-state index is -0.774. The lowest BCUT2D eigenvalue weighted by Gasteiger charge is -2.36. The number of aliphatic carboxylic acids is 1. The summed E-state index contributed by atoms with van der Waals surface area (Å²) in [6.45, 7) is 3.25. The number of carboxylic acid groups (broad SMARTS) is 1. The SMILES string of the molecule is CC1CC(C(=O)O)CN(c2ccnc3cc(F)cnc23)C1. The minimum absolute atomic E-state index is 0.281. The number of halogens is 1. The van der Waals surface area contributed by atoms with Crippen LogP contribution in [0.2, 0.25) is 0 Å². The van der Waals surface area contributed by atoms with Crippen molar-refractivity contribution in [3.8, 4) is 0 Å². The topological polar surface area (TPSA) is 66.3 Å². The number of carboxylic acids is 1. The average Bonchev–Trinajstić information content (AvgIpc) is 2.45. The van der Waals surface area contributed by atoms with E-state index in [0.29, 0.717) is 24.0 Å². The van der Waals surface area contributed by atoms with Crippen molar-refractivity contribution in [2.45, 2.75) is 13.3 Å². The van der Waals surface area contributed by atoms with Crippen molar-refractivity contribution in [1.82, 2.24) is 9.97 Å². The Bertz CT molecular complexity index is 692. The van der Waals surface area contributed by atoms with Gasteiger partial charge in [-0.1, -0.05) is 6.92 Å². The van der Waals surface area contributed by atoms with Gasteiger partial charge in [-0.15, -0.1) is 0 Å². The fraction of sp³-hybridized carbons (Fsp3) is 0.400. The van der Waals surface area contributed by atoms with E-state index in [9.17, 15) is 14.3 Å². The second-order valence-corrected chi connectivity index (χ2v) is 5.63. The molecule has 2 atom stereocenters. The van der Waals surface area contributed by atoms with E-state index < -0.39 is 17.7 Å². The molecular formula is C15H16FN3O2. The molecular weight excluding hydrogens is 273 g/mol. The summed E-state index contributed by atoms with van der Waals surface area (Å²) in [6.07, 6.45) is 3.44. The van der Waals surface area contributed by atoms with Gasteiger partial charge in [-0.05, 0) is 18.4 Å². The molecule has 0 aromatic carbocycles. The lowest BCUT2D eigenvalue weighted by Crippen LogP contribution is -2.42. The largest absolute Gasteiger partial charge is 0.481 e. The molecule has 1 saturated heterocycles. The Balaban J connectivity index is 2.01. The van der Waals surface area contributed by atoms with Gasteiger partial charge in [0.1, 0.15) is 11.3 Å². The Morgan fingerprint density at radius 3 is 3.00 bits per heavy atom. The number of anilines is 1. The molecule has 5 nitrogen and oxygen atoms in total. The summed E-state index contributed by atoms with van der Waals surface area (Å²) in [7, 11) is 0. The first-order valence-corrected chi connectivity index (χ1v) is 6.92. The van der Waals surface area contributed by atoms with Gasteiger partial charge in [-0.3, -0.25) is 9.78 Å². The van der Waals surface area contributed by atoms with E-state index in [1.807, 2.05) is 17.9 Å². The zero-order valence-corrected chi connectivity index (χ0v) is 11.7. The van der Waals surface area contributed by atoms with Crippen LogP contribution in [-0.2, 0) is 4.79 Å². The number of pyridine rings is 2. The van der Waals surface area contributed by atoms with Gasteiger partial charge >= 0.3 is 5.97 Å². The van der Waals surface area contributed by atoms with E-state index in [2.05, 4.69) is 9.97 Å². The minimum Gasteiger partial charge on any atom is -0.481 e. The fourth-order valence-electron chi connectivity index (χ4n) is 2.97. The van der Waals surface area contributed by atoms with Crippen molar-refractivity contribution in [2.24, 2.45) is 11.8 Å². The molecule has 1 N–H and O–H groups in total. The highest BCUT2D eigenvalue weighted by molar-refractivity contribution is 5.88. The lowest BCUT2D eigenvalue weighted by atomic mass is 9.90. The number of hydrogen-bond acceptors (Lipinski definition) is 4. The van der Waals surface area contributed by atoms with Gasteiger partial charge in [0.25, 0.3) is 0 Å². The Morgan fingerprint density at radius 2 is 2.24 bits per heavy atom. The first-order chi connectivity index (χ1) is 10.0. The van der Waals surface area contributed by atoms with Gasteiger partial charge < -0.3 is 10.0 Å². The predicted octanol–water partition coefficient (Wildman–Crippen LogP) is 2.32. The third-order valence-electron chi connectivity index (χ3n) is 3.87. The quantitative estimate of drug-likeness (QED) is 0.919. The number of carbonyl (C=O) groups is 1. The van der Waals surface area contributed by atoms with Crippen molar-refractivity contribution in [1.29, 1.82) is 0 Å². The highest BCUT2D eigenvalue weighted by Gasteiger charge is 2.30. The van der Waals surface area contributed by atoms with Gasteiger partial charge in [0.05, 0.1) is 23.3 Å². The summed E-state index contributed by atoms with van der Waals surface area (Å²) in [6, 6.07) is 3.15. The molecule has 110 valence electrons. The highest BCUT2D eigenvalue weighted by atomic mass is 19.1. The van der Waals surface area contributed by atoms with E-state index in [4.69, 9.17) is 0 Å². The van der Waals surface area contributed by atoms with Crippen LogP contribution in [0.15, 0.2) is 24.5 Å². The number of nitrogens with zero attached hydrogens (tertiary/aromatic N) is 3. The Kier molecular flexibility index (Phi) is 3.45. The average molecular weight is 289 g/mol. The molecule has 21 heavy (non-hydrogen) atoms.